The Balaban J connectivity index is 2.12. The van der Waals surface area contributed by atoms with Gasteiger partial charge in [-0.15, -0.1) is 11.6 Å². The van der Waals surface area contributed by atoms with Crippen molar-refractivity contribution >= 4 is 21.8 Å². The van der Waals surface area contributed by atoms with Gasteiger partial charge in [0.25, 0.3) is 10.2 Å². The first-order valence-electron chi connectivity index (χ1n) is 6.79. The Bertz CT molecular complexity index is 384. The van der Waals surface area contributed by atoms with Gasteiger partial charge in [-0.25, -0.2) is 0 Å². The van der Waals surface area contributed by atoms with Crippen LogP contribution in [-0.2, 0) is 10.2 Å². The van der Waals surface area contributed by atoms with Gasteiger partial charge >= 0.3 is 0 Å². The number of hydrogen-bond acceptors (Lipinski definition) is 2. The summed E-state index contributed by atoms with van der Waals surface area (Å²) in [6, 6.07) is 0.0761. The highest BCUT2D eigenvalue weighted by atomic mass is 35.5. The third kappa shape index (κ3) is 2.84. The largest absolute Gasteiger partial charge is 0.282 e. The molecule has 0 amide bonds. The average molecular weight is 295 g/mol. The van der Waals surface area contributed by atoms with Crippen molar-refractivity contribution in [3.63, 3.8) is 0 Å². The minimum Gasteiger partial charge on any atom is -0.195 e. The van der Waals surface area contributed by atoms with Crippen LogP contribution < -0.4 is 0 Å². The highest BCUT2D eigenvalue weighted by Crippen LogP contribution is 2.36. The second-order valence-corrected chi connectivity index (χ2v) is 7.77. The summed E-state index contributed by atoms with van der Waals surface area (Å²) in [4.78, 5) is 0. The molecule has 0 radical (unpaired) electrons. The van der Waals surface area contributed by atoms with E-state index in [-0.39, 0.29) is 12.1 Å². The minimum absolute atomic E-state index is 0.0285. The van der Waals surface area contributed by atoms with Crippen LogP contribution in [0.3, 0.4) is 0 Å². The summed E-state index contributed by atoms with van der Waals surface area (Å²) in [5, 5.41) is 0. The molecule has 0 aromatic carbocycles. The molecular weight excluding hydrogens is 272 g/mol. The molecule has 2 rings (SSSR count). The van der Waals surface area contributed by atoms with Crippen molar-refractivity contribution in [2.24, 2.45) is 5.92 Å². The van der Waals surface area contributed by atoms with Crippen molar-refractivity contribution in [2.45, 2.75) is 51.1 Å². The molecule has 0 spiro atoms. The number of nitrogens with zero attached hydrogens (tertiary/aromatic N) is 2. The van der Waals surface area contributed by atoms with Crippen molar-refractivity contribution in [3.8, 4) is 0 Å². The topological polar surface area (TPSA) is 40.6 Å². The zero-order valence-electron chi connectivity index (χ0n) is 11.2. The first-order chi connectivity index (χ1) is 8.48. The van der Waals surface area contributed by atoms with Gasteiger partial charge in [-0.05, 0) is 38.5 Å². The van der Waals surface area contributed by atoms with Gasteiger partial charge in [0.2, 0.25) is 0 Å². The lowest BCUT2D eigenvalue weighted by Crippen LogP contribution is -2.52. The molecule has 0 N–H and O–H groups in total. The fourth-order valence-electron chi connectivity index (χ4n) is 2.68. The van der Waals surface area contributed by atoms with Crippen LogP contribution in [0.2, 0.25) is 0 Å². The van der Waals surface area contributed by atoms with E-state index < -0.39 is 10.2 Å². The predicted octanol–water partition coefficient (Wildman–Crippen LogP) is 2.05. The van der Waals surface area contributed by atoms with Gasteiger partial charge in [0, 0.05) is 31.6 Å². The summed E-state index contributed by atoms with van der Waals surface area (Å²) in [6.07, 6.45) is 5.21. The van der Waals surface area contributed by atoms with Crippen LogP contribution >= 0.6 is 11.6 Å². The molecule has 2 fully saturated rings. The standard InChI is InChI=1S/C12H23ClN2O2S/c1-10(11-6-7-11)14(2)18(16,17)15-8-4-3-5-12(15)9-13/h10-12H,3-9H2,1-2H3. The Kier molecular flexibility index (Phi) is 4.57. The van der Waals surface area contributed by atoms with Crippen LogP contribution in [-0.4, -0.2) is 48.6 Å². The van der Waals surface area contributed by atoms with Gasteiger partial charge in [0.1, 0.15) is 0 Å². The predicted molar refractivity (Wildman–Crippen MR) is 73.9 cm³/mol. The van der Waals surface area contributed by atoms with Gasteiger partial charge in [0.05, 0.1) is 0 Å². The molecule has 1 saturated carbocycles. The van der Waals surface area contributed by atoms with E-state index in [9.17, 15) is 8.42 Å². The summed E-state index contributed by atoms with van der Waals surface area (Å²) < 4.78 is 28.4. The van der Waals surface area contributed by atoms with Crippen LogP contribution in [0.5, 0.6) is 0 Å². The summed E-state index contributed by atoms with van der Waals surface area (Å²) >= 11 is 5.92. The Morgan fingerprint density at radius 1 is 1.33 bits per heavy atom. The Hall–Kier alpha value is 0.160. The van der Waals surface area contributed by atoms with Crippen molar-refractivity contribution in [1.29, 1.82) is 0 Å². The molecule has 18 heavy (non-hydrogen) atoms. The van der Waals surface area contributed by atoms with Gasteiger partial charge in [-0.3, -0.25) is 0 Å². The second kappa shape index (κ2) is 5.65. The Morgan fingerprint density at radius 3 is 2.56 bits per heavy atom. The molecule has 2 unspecified atom stereocenters. The lowest BCUT2D eigenvalue weighted by molar-refractivity contribution is 0.238. The van der Waals surface area contributed by atoms with Gasteiger partial charge in [0.15, 0.2) is 0 Å². The van der Waals surface area contributed by atoms with Crippen LogP contribution in [0.1, 0.15) is 39.0 Å². The smallest absolute Gasteiger partial charge is 0.195 e. The van der Waals surface area contributed by atoms with Crippen LogP contribution in [0, 0.1) is 5.92 Å². The Morgan fingerprint density at radius 2 is 2.00 bits per heavy atom. The highest BCUT2D eigenvalue weighted by Gasteiger charge is 2.40. The SMILES string of the molecule is CC(C1CC1)N(C)S(=O)(=O)N1CCCCC1CCl. The molecule has 6 heteroatoms. The van der Waals surface area contributed by atoms with E-state index in [1.165, 1.54) is 0 Å². The van der Waals surface area contributed by atoms with E-state index in [4.69, 9.17) is 11.6 Å². The third-order valence-electron chi connectivity index (χ3n) is 4.29. The lowest BCUT2D eigenvalue weighted by atomic mass is 10.1. The van der Waals surface area contributed by atoms with Gasteiger partial charge in [-0.1, -0.05) is 6.42 Å². The quantitative estimate of drug-likeness (QED) is 0.728. The van der Waals surface area contributed by atoms with E-state index in [1.54, 1.807) is 15.7 Å². The van der Waals surface area contributed by atoms with Crippen LogP contribution in [0.4, 0.5) is 0 Å². The van der Waals surface area contributed by atoms with E-state index in [2.05, 4.69) is 0 Å². The zero-order chi connectivity index (χ0) is 13.3. The van der Waals surface area contributed by atoms with E-state index >= 15 is 0 Å². The summed E-state index contributed by atoms with van der Waals surface area (Å²) in [5.74, 6) is 0.939. The molecule has 1 aliphatic carbocycles. The van der Waals surface area contributed by atoms with Crippen molar-refractivity contribution in [3.05, 3.63) is 0 Å². The molecule has 0 aromatic rings. The van der Waals surface area contributed by atoms with E-state index in [0.717, 1.165) is 32.1 Å². The average Bonchev–Trinajstić information content (AvgIpc) is 3.21. The Labute approximate surface area is 115 Å². The maximum atomic E-state index is 12.6. The number of piperidine rings is 1. The molecule has 0 bridgehead atoms. The fourth-order valence-corrected chi connectivity index (χ4v) is 4.93. The molecule has 2 aliphatic rings. The molecule has 1 saturated heterocycles. The first kappa shape index (κ1) is 14.6. The number of halogens is 1. The number of hydrogen-bond donors (Lipinski definition) is 0. The zero-order valence-corrected chi connectivity index (χ0v) is 12.8. The summed E-state index contributed by atoms with van der Waals surface area (Å²) in [6.45, 7) is 2.62. The molecule has 106 valence electrons. The molecule has 1 aliphatic heterocycles. The maximum absolute atomic E-state index is 12.6. The molecule has 4 nitrogen and oxygen atoms in total. The van der Waals surface area contributed by atoms with Crippen molar-refractivity contribution in [1.82, 2.24) is 8.61 Å². The van der Waals surface area contributed by atoms with Gasteiger partial charge in [-0.2, -0.15) is 17.0 Å². The van der Waals surface area contributed by atoms with Crippen LogP contribution in [0.25, 0.3) is 0 Å². The highest BCUT2D eigenvalue weighted by molar-refractivity contribution is 7.86. The molecule has 2 atom stereocenters. The van der Waals surface area contributed by atoms with Crippen molar-refractivity contribution < 1.29 is 8.42 Å². The summed E-state index contributed by atoms with van der Waals surface area (Å²) in [5.41, 5.74) is 0. The minimum atomic E-state index is -3.35. The lowest BCUT2D eigenvalue weighted by Gasteiger charge is -2.37. The van der Waals surface area contributed by atoms with E-state index in [1.807, 2.05) is 6.92 Å². The monoisotopic (exact) mass is 294 g/mol. The normalized spacial score (nSPS) is 28.6. The van der Waals surface area contributed by atoms with Crippen molar-refractivity contribution in [2.75, 3.05) is 19.5 Å². The van der Waals surface area contributed by atoms with Gasteiger partial charge < -0.3 is 0 Å². The third-order valence-corrected chi connectivity index (χ3v) is 6.78. The molecular formula is C12H23ClN2O2S. The molecule has 0 aromatic heterocycles. The number of rotatable bonds is 5. The fraction of sp³-hybridized carbons (Fsp3) is 1.00. The second-order valence-electron chi connectivity index (χ2n) is 5.52. The van der Waals surface area contributed by atoms with Crippen LogP contribution in [0.15, 0.2) is 0 Å². The van der Waals surface area contributed by atoms with E-state index in [0.29, 0.717) is 18.3 Å². The first-order valence-corrected chi connectivity index (χ1v) is 8.72. The maximum Gasteiger partial charge on any atom is 0.282 e. The number of alkyl halides is 1. The summed E-state index contributed by atoms with van der Waals surface area (Å²) in [7, 11) is -1.64. The molecule has 1 heterocycles.